The highest BCUT2D eigenvalue weighted by atomic mass is 32.1. The summed E-state index contributed by atoms with van der Waals surface area (Å²) in [7, 11) is 1.63. The van der Waals surface area contributed by atoms with E-state index in [1.807, 2.05) is 24.3 Å². The summed E-state index contributed by atoms with van der Waals surface area (Å²) in [5, 5.41) is 14.9. The smallest absolute Gasteiger partial charge is 0.257 e. The standard InChI is InChI=1S/C20H20N4O3S/c1-3-17(25)21-15-6-4-5-14(12-15)19(26)22-20-24-23-18(28-20)11-13-7-9-16(27-2)10-8-13/h4-10,12H,3,11H2,1-2H3,(H,21,25)(H,22,24,26). The van der Waals surface area contributed by atoms with Crippen LogP contribution in [0.1, 0.15) is 34.3 Å². The summed E-state index contributed by atoms with van der Waals surface area (Å²) in [6.07, 6.45) is 0.994. The fourth-order valence-electron chi connectivity index (χ4n) is 2.45. The Hall–Kier alpha value is -3.26. The van der Waals surface area contributed by atoms with Gasteiger partial charge in [-0.05, 0) is 35.9 Å². The Balaban J connectivity index is 1.63. The van der Waals surface area contributed by atoms with E-state index in [4.69, 9.17) is 4.74 Å². The van der Waals surface area contributed by atoms with Gasteiger partial charge in [0.05, 0.1) is 7.11 Å². The van der Waals surface area contributed by atoms with Crippen molar-refractivity contribution >= 4 is 34.0 Å². The van der Waals surface area contributed by atoms with Crippen molar-refractivity contribution in [1.29, 1.82) is 0 Å². The first-order valence-electron chi connectivity index (χ1n) is 8.74. The zero-order valence-electron chi connectivity index (χ0n) is 15.6. The second-order valence-corrected chi connectivity index (χ2v) is 7.02. The monoisotopic (exact) mass is 396 g/mol. The summed E-state index contributed by atoms with van der Waals surface area (Å²) in [5.41, 5.74) is 2.09. The second-order valence-electron chi connectivity index (χ2n) is 5.96. The third kappa shape index (κ3) is 5.14. The molecule has 1 aromatic heterocycles. The van der Waals surface area contributed by atoms with Crippen LogP contribution in [0.15, 0.2) is 48.5 Å². The average molecular weight is 396 g/mol. The fraction of sp³-hybridized carbons (Fsp3) is 0.200. The van der Waals surface area contributed by atoms with Crippen LogP contribution in [0, 0.1) is 0 Å². The van der Waals surface area contributed by atoms with Gasteiger partial charge in [-0.2, -0.15) is 0 Å². The SMILES string of the molecule is CCC(=O)Nc1cccc(C(=O)Nc2nnc(Cc3ccc(OC)cc3)s2)c1. The molecule has 0 saturated heterocycles. The third-order valence-corrected chi connectivity index (χ3v) is 4.77. The van der Waals surface area contributed by atoms with E-state index in [-0.39, 0.29) is 11.8 Å². The molecule has 2 amide bonds. The summed E-state index contributed by atoms with van der Waals surface area (Å²) >= 11 is 1.32. The van der Waals surface area contributed by atoms with E-state index in [0.717, 1.165) is 16.3 Å². The van der Waals surface area contributed by atoms with Crippen LogP contribution in [0.3, 0.4) is 0 Å². The molecule has 0 radical (unpaired) electrons. The molecule has 3 aromatic rings. The van der Waals surface area contributed by atoms with Gasteiger partial charge < -0.3 is 10.1 Å². The minimum Gasteiger partial charge on any atom is -0.497 e. The van der Waals surface area contributed by atoms with Gasteiger partial charge in [-0.25, -0.2) is 0 Å². The van der Waals surface area contributed by atoms with Gasteiger partial charge in [-0.1, -0.05) is 36.5 Å². The fourth-order valence-corrected chi connectivity index (χ4v) is 3.22. The van der Waals surface area contributed by atoms with Crippen LogP contribution in [-0.2, 0) is 11.2 Å². The van der Waals surface area contributed by atoms with E-state index in [1.54, 1.807) is 38.3 Å². The molecule has 2 aromatic carbocycles. The molecule has 0 bridgehead atoms. The van der Waals surface area contributed by atoms with Crippen molar-refractivity contribution in [2.45, 2.75) is 19.8 Å². The van der Waals surface area contributed by atoms with Gasteiger partial charge >= 0.3 is 0 Å². The molecule has 0 aliphatic carbocycles. The highest BCUT2D eigenvalue weighted by Gasteiger charge is 2.12. The van der Waals surface area contributed by atoms with Crippen molar-refractivity contribution in [3.8, 4) is 5.75 Å². The van der Waals surface area contributed by atoms with E-state index in [9.17, 15) is 9.59 Å². The summed E-state index contributed by atoms with van der Waals surface area (Å²) in [6, 6.07) is 14.5. The van der Waals surface area contributed by atoms with Crippen molar-refractivity contribution in [2.24, 2.45) is 0 Å². The van der Waals surface area contributed by atoms with Crippen LogP contribution in [0.5, 0.6) is 5.75 Å². The summed E-state index contributed by atoms with van der Waals surface area (Å²) < 4.78 is 5.15. The number of amides is 2. The minimum atomic E-state index is -0.306. The molecule has 0 atom stereocenters. The van der Waals surface area contributed by atoms with Crippen molar-refractivity contribution in [2.75, 3.05) is 17.7 Å². The molecule has 2 N–H and O–H groups in total. The number of nitrogens with one attached hydrogen (secondary N) is 2. The maximum absolute atomic E-state index is 12.5. The van der Waals surface area contributed by atoms with Gasteiger partial charge in [0.25, 0.3) is 5.91 Å². The first-order valence-corrected chi connectivity index (χ1v) is 9.55. The number of ether oxygens (including phenoxy) is 1. The van der Waals surface area contributed by atoms with E-state index < -0.39 is 0 Å². The molecule has 3 rings (SSSR count). The van der Waals surface area contributed by atoms with Gasteiger partial charge in [0.2, 0.25) is 11.0 Å². The van der Waals surface area contributed by atoms with Crippen LogP contribution in [0.2, 0.25) is 0 Å². The number of hydrogen-bond donors (Lipinski definition) is 2. The lowest BCUT2D eigenvalue weighted by molar-refractivity contribution is -0.115. The Morgan fingerprint density at radius 2 is 1.86 bits per heavy atom. The largest absolute Gasteiger partial charge is 0.497 e. The average Bonchev–Trinajstić information content (AvgIpc) is 3.15. The van der Waals surface area contributed by atoms with E-state index in [2.05, 4.69) is 20.8 Å². The van der Waals surface area contributed by atoms with Crippen LogP contribution in [0.25, 0.3) is 0 Å². The van der Waals surface area contributed by atoms with Crippen molar-refractivity contribution < 1.29 is 14.3 Å². The molecule has 0 spiro atoms. The first kappa shape index (κ1) is 19.5. The van der Waals surface area contributed by atoms with Crippen LogP contribution >= 0.6 is 11.3 Å². The normalized spacial score (nSPS) is 10.4. The highest BCUT2D eigenvalue weighted by Crippen LogP contribution is 2.21. The predicted molar refractivity (Wildman–Crippen MR) is 109 cm³/mol. The number of hydrogen-bond acceptors (Lipinski definition) is 6. The number of methoxy groups -OCH3 is 1. The van der Waals surface area contributed by atoms with E-state index >= 15 is 0 Å². The Morgan fingerprint density at radius 3 is 2.57 bits per heavy atom. The molecule has 144 valence electrons. The van der Waals surface area contributed by atoms with Crippen LogP contribution in [0.4, 0.5) is 10.8 Å². The van der Waals surface area contributed by atoms with Gasteiger partial charge in [-0.15, -0.1) is 10.2 Å². The maximum atomic E-state index is 12.5. The van der Waals surface area contributed by atoms with Gasteiger partial charge in [0.15, 0.2) is 0 Å². The lowest BCUT2D eigenvalue weighted by Crippen LogP contribution is -2.13. The number of aromatic nitrogens is 2. The number of carbonyl (C=O) groups excluding carboxylic acids is 2. The molecule has 0 aliphatic rings. The first-order chi connectivity index (χ1) is 13.6. The highest BCUT2D eigenvalue weighted by molar-refractivity contribution is 7.15. The Kier molecular flexibility index (Phi) is 6.33. The number of carbonyl (C=O) groups is 2. The number of rotatable bonds is 7. The quantitative estimate of drug-likeness (QED) is 0.635. The topological polar surface area (TPSA) is 93.2 Å². The molecule has 0 saturated carbocycles. The molecule has 28 heavy (non-hydrogen) atoms. The summed E-state index contributed by atoms with van der Waals surface area (Å²) in [4.78, 5) is 24.0. The third-order valence-electron chi connectivity index (χ3n) is 3.93. The predicted octanol–water partition coefficient (Wildman–Crippen LogP) is 3.74. The Labute approximate surface area is 166 Å². The number of anilines is 2. The number of benzene rings is 2. The maximum Gasteiger partial charge on any atom is 0.257 e. The van der Waals surface area contributed by atoms with Crippen molar-refractivity contribution in [3.05, 3.63) is 64.7 Å². The molecular formula is C20H20N4O3S. The minimum absolute atomic E-state index is 0.107. The molecule has 8 heteroatoms. The van der Waals surface area contributed by atoms with Crippen LogP contribution in [-0.4, -0.2) is 29.1 Å². The van der Waals surface area contributed by atoms with E-state index in [1.165, 1.54) is 11.3 Å². The van der Waals surface area contributed by atoms with Gasteiger partial charge in [-0.3, -0.25) is 14.9 Å². The second kappa shape index (κ2) is 9.09. The Morgan fingerprint density at radius 1 is 1.07 bits per heavy atom. The summed E-state index contributed by atoms with van der Waals surface area (Å²) in [5.74, 6) is 0.385. The lowest BCUT2D eigenvalue weighted by Gasteiger charge is -2.06. The molecule has 7 nitrogen and oxygen atoms in total. The van der Waals surface area contributed by atoms with Crippen molar-refractivity contribution in [3.63, 3.8) is 0 Å². The molecular weight excluding hydrogens is 376 g/mol. The van der Waals surface area contributed by atoms with E-state index in [0.29, 0.717) is 29.2 Å². The van der Waals surface area contributed by atoms with Gasteiger partial charge in [0.1, 0.15) is 10.8 Å². The molecule has 0 unspecified atom stereocenters. The molecule has 0 aliphatic heterocycles. The zero-order chi connectivity index (χ0) is 19.9. The van der Waals surface area contributed by atoms with Crippen molar-refractivity contribution in [1.82, 2.24) is 10.2 Å². The van der Waals surface area contributed by atoms with Crippen LogP contribution < -0.4 is 15.4 Å². The Bertz CT molecular complexity index is 970. The lowest BCUT2D eigenvalue weighted by atomic mass is 10.1. The summed E-state index contributed by atoms with van der Waals surface area (Å²) in [6.45, 7) is 1.77. The zero-order valence-corrected chi connectivity index (χ0v) is 16.4. The molecule has 0 fully saturated rings. The molecule has 1 heterocycles. The van der Waals surface area contributed by atoms with Gasteiger partial charge in [0, 0.05) is 24.1 Å². The number of nitrogens with zero attached hydrogens (tertiary/aromatic N) is 2.